The van der Waals surface area contributed by atoms with Gasteiger partial charge in [0.15, 0.2) is 0 Å². The summed E-state index contributed by atoms with van der Waals surface area (Å²) in [7, 11) is 1.80. The van der Waals surface area contributed by atoms with Crippen molar-refractivity contribution < 1.29 is 4.79 Å². The molecule has 0 spiro atoms. The van der Waals surface area contributed by atoms with Crippen LogP contribution in [0.5, 0.6) is 0 Å². The lowest BCUT2D eigenvalue weighted by molar-refractivity contribution is -0.128. The highest BCUT2D eigenvalue weighted by molar-refractivity contribution is 7.10. The Hall–Kier alpha value is -1.07. The first-order valence-electron chi connectivity index (χ1n) is 4.91. The van der Waals surface area contributed by atoms with Gasteiger partial charge in [-0.05, 0) is 18.4 Å². The van der Waals surface area contributed by atoms with Gasteiger partial charge < -0.3 is 16.0 Å². The van der Waals surface area contributed by atoms with Crippen LogP contribution in [0.4, 0.5) is 5.69 Å². The number of hydrogen-bond donors (Lipinski definition) is 2. The van der Waals surface area contributed by atoms with Gasteiger partial charge >= 0.3 is 0 Å². The van der Waals surface area contributed by atoms with E-state index < -0.39 is 0 Å². The molecule has 3 N–H and O–H groups in total. The second kappa shape index (κ2) is 5.72. The van der Waals surface area contributed by atoms with Crippen LogP contribution in [0.2, 0.25) is 0 Å². The molecule has 0 aliphatic carbocycles. The summed E-state index contributed by atoms with van der Waals surface area (Å²) < 4.78 is 0. The first kappa shape index (κ1) is 12.0. The van der Waals surface area contributed by atoms with E-state index >= 15 is 0 Å². The number of anilines is 1. The minimum absolute atomic E-state index is 0.104. The van der Waals surface area contributed by atoms with Gasteiger partial charge in [-0.1, -0.05) is 0 Å². The molecular formula is C10H17N3OS. The molecule has 4 nitrogen and oxygen atoms in total. The zero-order chi connectivity index (χ0) is 11.3. The van der Waals surface area contributed by atoms with Crippen molar-refractivity contribution in [1.82, 2.24) is 10.2 Å². The van der Waals surface area contributed by atoms with E-state index in [1.54, 1.807) is 23.3 Å². The Morgan fingerprint density at radius 1 is 1.67 bits per heavy atom. The highest BCUT2D eigenvalue weighted by Gasteiger charge is 2.06. The van der Waals surface area contributed by atoms with Crippen molar-refractivity contribution in [3.63, 3.8) is 0 Å². The van der Waals surface area contributed by atoms with Gasteiger partial charge in [0, 0.05) is 30.7 Å². The normalized spacial score (nSPS) is 10.3. The Labute approximate surface area is 94.1 Å². The number of hydrogen-bond acceptors (Lipinski definition) is 4. The number of carbonyl (C=O) groups is 1. The van der Waals surface area contributed by atoms with Gasteiger partial charge in [-0.15, -0.1) is 11.3 Å². The zero-order valence-electron chi connectivity index (χ0n) is 9.12. The summed E-state index contributed by atoms with van der Waals surface area (Å²) in [5.41, 5.74) is 6.51. The fraction of sp³-hybridized carbons (Fsp3) is 0.500. The number of rotatable bonds is 5. The first-order valence-corrected chi connectivity index (χ1v) is 5.79. The number of nitrogen functional groups attached to an aromatic ring is 1. The van der Waals surface area contributed by atoms with Gasteiger partial charge in [-0.3, -0.25) is 4.79 Å². The van der Waals surface area contributed by atoms with Gasteiger partial charge in [0.2, 0.25) is 5.91 Å². The van der Waals surface area contributed by atoms with Crippen LogP contribution in [-0.2, 0) is 11.3 Å². The molecule has 15 heavy (non-hydrogen) atoms. The third kappa shape index (κ3) is 3.53. The minimum Gasteiger partial charge on any atom is -0.398 e. The second-order valence-electron chi connectivity index (χ2n) is 3.31. The van der Waals surface area contributed by atoms with E-state index in [4.69, 9.17) is 5.73 Å². The lowest BCUT2D eigenvalue weighted by Crippen LogP contribution is -2.35. The predicted octanol–water partition coefficient (Wildman–Crippen LogP) is 0.898. The number of nitrogens with one attached hydrogen (secondary N) is 1. The lowest BCUT2D eigenvalue weighted by atomic mass is 10.4. The van der Waals surface area contributed by atoms with E-state index in [2.05, 4.69) is 5.32 Å². The first-order chi connectivity index (χ1) is 7.15. The van der Waals surface area contributed by atoms with Gasteiger partial charge in [0.05, 0.1) is 6.54 Å². The van der Waals surface area contributed by atoms with E-state index in [0.717, 1.165) is 17.1 Å². The molecule has 0 bridgehead atoms. The van der Waals surface area contributed by atoms with Crippen molar-refractivity contribution in [2.24, 2.45) is 0 Å². The molecule has 0 unspecified atom stereocenters. The van der Waals surface area contributed by atoms with Crippen LogP contribution in [0.1, 0.15) is 11.8 Å². The van der Waals surface area contributed by atoms with Crippen LogP contribution in [0.3, 0.4) is 0 Å². The summed E-state index contributed by atoms with van der Waals surface area (Å²) in [5.74, 6) is 0.104. The van der Waals surface area contributed by atoms with E-state index in [-0.39, 0.29) is 5.91 Å². The summed E-state index contributed by atoms with van der Waals surface area (Å²) in [4.78, 5) is 14.2. The molecule has 0 aliphatic rings. The van der Waals surface area contributed by atoms with Gasteiger partial charge in [-0.25, -0.2) is 0 Å². The highest BCUT2D eigenvalue weighted by atomic mass is 32.1. The lowest BCUT2D eigenvalue weighted by Gasteiger charge is -2.14. The Morgan fingerprint density at radius 3 is 2.93 bits per heavy atom. The predicted molar refractivity (Wildman–Crippen MR) is 63.7 cm³/mol. The largest absolute Gasteiger partial charge is 0.398 e. The summed E-state index contributed by atoms with van der Waals surface area (Å²) in [6.07, 6.45) is 0. The molecule has 0 aliphatic heterocycles. The average molecular weight is 227 g/mol. The molecule has 0 fully saturated rings. The van der Waals surface area contributed by atoms with Crippen LogP contribution >= 0.6 is 11.3 Å². The van der Waals surface area contributed by atoms with E-state index in [1.165, 1.54) is 0 Å². The highest BCUT2D eigenvalue weighted by Crippen LogP contribution is 2.17. The van der Waals surface area contributed by atoms with E-state index in [1.807, 2.05) is 18.4 Å². The van der Waals surface area contributed by atoms with E-state index in [9.17, 15) is 4.79 Å². The van der Waals surface area contributed by atoms with Crippen LogP contribution < -0.4 is 11.1 Å². The van der Waals surface area contributed by atoms with Crippen molar-refractivity contribution in [1.29, 1.82) is 0 Å². The maximum atomic E-state index is 11.4. The van der Waals surface area contributed by atoms with Gasteiger partial charge in [-0.2, -0.15) is 0 Å². The van der Waals surface area contributed by atoms with E-state index in [0.29, 0.717) is 13.1 Å². The van der Waals surface area contributed by atoms with Crippen LogP contribution in [-0.4, -0.2) is 30.9 Å². The minimum atomic E-state index is 0.104. The van der Waals surface area contributed by atoms with Crippen molar-refractivity contribution in [2.45, 2.75) is 13.5 Å². The summed E-state index contributed by atoms with van der Waals surface area (Å²) in [6, 6.07) is 1.88. The number of thiophene rings is 1. The molecular weight excluding hydrogens is 210 g/mol. The topological polar surface area (TPSA) is 58.4 Å². The van der Waals surface area contributed by atoms with Crippen molar-refractivity contribution in [3.05, 3.63) is 16.3 Å². The third-order valence-corrected chi connectivity index (χ3v) is 3.18. The number of amides is 1. The number of carbonyl (C=O) groups excluding carboxylic acids is 1. The Bertz CT molecular complexity index is 324. The monoisotopic (exact) mass is 227 g/mol. The molecule has 1 amide bonds. The SMILES string of the molecule is CCN(C)C(=O)CNCc1sccc1N. The maximum Gasteiger partial charge on any atom is 0.236 e. The smallest absolute Gasteiger partial charge is 0.236 e. The molecule has 84 valence electrons. The number of nitrogens with zero attached hydrogens (tertiary/aromatic N) is 1. The molecule has 0 atom stereocenters. The summed E-state index contributed by atoms with van der Waals surface area (Å²) in [6.45, 7) is 3.71. The maximum absolute atomic E-state index is 11.4. The Morgan fingerprint density at radius 2 is 2.40 bits per heavy atom. The molecule has 1 rings (SSSR count). The fourth-order valence-electron chi connectivity index (χ4n) is 1.09. The zero-order valence-corrected chi connectivity index (χ0v) is 9.93. The van der Waals surface area contributed by atoms with Crippen LogP contribution in [0, 0.1) is 0 Å². The molecule has 0 radical (unpaired) electrons. The average Bonchev–Trinajstić information content (AvgIpc) is 2.63. The Balaban J connectivity index is 2.28. The van der Waals surface area contributed by atoms with Gasteiger partial charge in [0.25, 0.3) is 0 Å². The number of likely N-dealkylation sites (N-methyl/N-ethyl adjacent to an activating group) is 1. The van der Waals surface area contributed by atoms with Crippen molar-refractivity contribution in [2.75, 3.05) is 25.9 Å². The molecule has 0 saturated carbocycles. The van der Waals surface area contributed by atoms with Crippen molar-refractivity contribution >= 4 is 22.9 Å². The fourth-order valence-corrected chi connectivity index (χ4v) is 1.86. The number of nitrogens with two attached hydrogens (primary N) is 1. The summed E-state index contributed by atoms with van der Waals surface area (Å²) in [5, 5.41) is 5.03. The standard InChI is InChI=1S/C10H17N3OS/c1-3-13(2)10(14)7-12-6-9-8(11)4-5-15-9/h4-5,12H,3,6-7,11H2,1-2H3. The van der Waals surface area contributed by atoms with Crippen LogP contribution in [0.15, 0.2) is 11.4 Å². The van der Waals surface area contributed by atoms with Gasteiger partial charge in [0.1, 0.15) is 0 Å². The molecule has 5 heteroatoms. The summed E-state index contributed by atoms with van der Waals surface area (Å²) >= 11 is 1.60. The molecule has 0 aromatic carbocycles. The quantitative estimate of drug-likeness (QED) is 0.785. The Kier molecular flexibility index (Phi) is 4.58. The molecule has 1 heterocycles. The second-order valence-corrected chi connectivity index (χ2v) is 4.31. The molecule has 1 aromatic heterocycles. The molecule has 0 saturated heterocycles. The molecule has 1 aromatic rings. The third-order valence-electron chi connectivity index (χ3n) is 2.24. The van der Waals surface area contributed by atoms with Crippen molar-refractivity contribution in [3.8, 4) is 0 Å². The van der Waals surface area contributed by atoms with Crippen LogP contribution in [0.25, 0.3) is 0 Å².